The molecule has 19 heavy (non-hydrogen) atoms. The van der Waals surface area contributed by atoms with Crippen molar-refractivity contribution in [1.82, 2.24) is 4.90 Å². The largest absolute Gasteiger partial charge is 0.387 e. The zero-order valence-corrected chi connectivity index (χ0v) is 12.0. The second kappa shape index (κ2) is 6.26. The number of nitrogens with zero attached hydrogens (tertiary/aromatic N) is 1. The smallest absolute Gasteiger partial charge is 0.256 e. The Labute approximate surface area is 118 Å². The second-order valence-corrected chi connectivity index (χ2v) is 5.24. The highest BCUT2D eigenvalue weighted by Crippen LogP contribution is 2.25. The number of hydrogen-bond donors (Lipinski definition) is 1. The fourth-order valence-corrected chi connectivity index (χ4v) is 2.64. The van der Waals surface area contributed by atoms with E-state index in [0.29, 0.717) is 23.1 Å². The van der Waals surface area contributed by atoms with Crippen molar-refractivity contribution >= 4 is 23.2 Å². The highest BCUT2D eigenvalue weighted by atomic mass is 35.5. The SMILES string of the molecule is CNc1ccc(Cl)cc1C(=O)N1CCC(COC)C1. The van der Waals surface area contributed by atoms with Gasteiger partial charge in [0.05, 0.1) is 12.2 Å². The minimum Gasteiger partial charge on any atom is -0.387 e. The number of carbonyl (C=O) groups is 1. The van der Waals surface area contributed by atoms with E-state index in [4.69, 9.17) is 16.3 Å². The van der Waals surface area contributed by atoms with Gasteiger partial charge in [-0.25, -0.2) is 0 Å². The summed E-state index contributed by atoms with van der Waals surface area (Å²) in [5.74, 6) is 0.469. The van der Waals surface area contributed by atoms with Gasteiger partial charge in [-0.3, -0.25) is 4.79 Å². The molecule has 1 aliphatic rings. The summed E-state index contributed by atoms with van der Waals surface area (Å²) in [6, 6.07) is 5.33. The summed E-state index contributed by atoms with van der Waals surface area (Å²) in [4.78, 5) is 14.4. The molecule has 0 bridgehead atoms. The van der Waals surface area contributed by atoms with E-state index < -0.39 is 0 Å². The van der Waals surface area contributed by atoms with Gasteiger partial charge < -0.3 is 15.0 Å². The average molecular weight is 283 g/mol. The third kappa shape index (κ3) is 3.19. The molecule has 104 valence electrons. The molecular weight excluding hydrogens is 264 g/mol. The molecule has 1 unspecified atom stereocenters. The Morgan fingerprint density at radius 3 is 3.05 bits per heavy atom. The Morgan fingerprint density at radius 2 is 2.37 bits per heavy atom. The van der Waals surface area contributed by atoms with Gasteiger partial charge in [-0.2, -0.15) is 0 Å². The maximum Gasteiger partial charge on any atom is 0.256 e. The Bertz CT molecular complexity index is 465. The van der Waals surface area contributed by atoms with E-state index in [1.54, 1.807) is 26.3 Å². The first kappa shape index (κ1) is 14.2. The van der Waals surface area contributed by atoms with Crippen LogP contribution in [0.4, 0.5) is 5.69 Å². The lowest BCUT2D eigenvalue weighted by Crippen LogP contribution is -2.29. The quantitative estimate of drug-likeness (QED) is 0.922. The lowest BCUT2D eigenvalue weighted by Gasteiger charge is -2.18. The molecule has 1 N–H and O–H groups in total. The lowest BCUT2D eigenvalue weighted by molar-refractivity contribution is 0.0776. The topological polar surface area (TPSA) is 41.6 Å². The van der Waals surface area contributed by atoms with Crippen LogP contribution in [-0.4, -0.2) is 44.7 Å². The predicted molar refractivity (Wildman–Crippen MR) is 76.9 cm³/mol. The Balaban J connectivity index is 2.14. The number of methoxy groups -OCH3 is 1. The molecule has 0 aromatic heterocycles. The molecule has 1 saturated heterocycles. The number of amides is 1. The van der Waals surface area contributed by atoms with E-state index >= 15 is 0 Å². The Morgan fingerprint density at radius 1 is 1.58 bits per heavy atom. The summed E-state index contributed by atoms with van der Waals surface area (Å²) < 4.78 is 5.15. The molecule has 0 saturated carbocycles. The third-order valence-electron chi connectivity index (χ3n) is 3.46. The van der Waals surface area contributed by atoms with Gasteiger partial charge in [0.15, 0.2) is 0 Å². The number of halogens is 1. The number of ether oxygens (including phenoxy) is 1. The Kier molecular flexibility index (Phi) is 4.66. The van der Waals surface area contributed by atoms with E-state index in [0.717, 1.165) is 25.2 Å². The standard InChI is InChI=1S/C14H19ClN2O2/c1-16-13-4-3-11(15)7-12(13)14(18)17-6-5-10(8-17)9-19-2/h3-4,7,10,16H,5-6,8-9H2,1-2H3. The number of benzene rings is 1. The van der Waals surface area contributed by atoms with Crippen LogP contribution in [0, 0.1) is 5.92 Å². The normalized spacial score (nSPS) is 18.7. The molecular formula is C14H19ClN2O2. The second-order valence-electron chi connectivity index (χ2n) is 4.80. The highest BCUT2D eigenvalue weighted by molar-refractivity contribution is 6.31. The summed E-state index contributed by atoms with van der Waals surface area (Å²) in [5.41, 5.74) is 1.44. The van der Waals surface area contributed by atoms with Crippen molar-refractivity contribution in [2.45, 2.75) is 6.42 Å². The van der Waals surface area contributed by atoms with E-state index in [2.05, 4.69) is 5.32 Å². The van der Waals surface area contributed by atoms with E-state index in [1.807, 2.05) is 11.0 Å². The van der Waals surface area contributed by atoms with Gasteiger partial charge in [0.25, 0.3) is 5.91 Å². The van der Waals surface area contributed by atoms with E-state index in [9.17, 15) is 4.79 Å². The summed E-state index contributed by atoms with van der Waals surface area (Å²) in [6.07, 6.45) is 0.995. The number of rotatable bonds is 4. The van der Waals surface area contributed by atoms with Gasteiger partial charge in [-0.1, -0.05) is 11.6 Å². The molecule has 1 atom stereocenters. The molecule has 1 aromatic carbocycles. The molecule has 4 nitrogen and oxygen atoms in total. The maximum absolute atomic E-state index is 12.5. The van der Waals surface area contributed by atoms with Crippen molar-refractivity contribution in [2.75, 3.05) is 39.2 Å². The minimum absolute atomic E-state index is 0.0328. The fraction of sp³-hybridized carbons (Fsp3) is 0.500. The van der Waals surface area contributed by atoms with Crippen LogP contribution in [-0.2, 0) is 4.74 Å². The summed E-state index contributed by atoms with van der Waals surface area (Å²) in [7, 11) is 3.50. The molecule has 2 rings (SSSR count). The minimum atomic E-state index is 0.0328. The molecule has 5 heteroatoms. The van der Waals surface area contributed by atoms with Gasteiger partial charge in [-0.05, 0) is 24.6 Å². The van der Waals surface area contributed by atoms with Gasteiger partial charge in [0.2, 0.25) is 0 Å². The third-order valence-corrected chi connectivity index (χ3v) is 3.69. The van der Waals surface area contributed by atoms with E-state index in [-0.39, 0.29) is 5.91 Å². The predicted octanol–water partition coefficient (Wildman–Crippen LogP) is 2.49. The van der Waals surface area contributed by atoms with Gasteiger partial charge in [-0.15, -0.1) is 0 Å². The number of carbonyl (C=O) groups excluding carboxylic acids is 1. The molecule has 0 spiro atoms. The average Bonchev–Trinajstić information content (AvgIpc) is 2.87. The van der Waals surface area contributed by atoms with Crippen LogP contribution >= 0.6 is 11.6 Å². The molecule has 0 radical (unpaired) electrons. The Hall–Kier alpha value is -1.26. The number of likely N-dealkylation sites (tertiary alicyclic amines) is 1. The first-order valence-corrected chi connectivity index (χ1v) is 6.79. The molecule has 1 fully saturated rings. The summed E-state index contributed by atoms with van der Waals surface area (Å²) >= 11 is 5.98. The van der Waals surface area contributed by atoms with Crippen molar-refractivity contribution in [1.29, 1.82) is 0 Å². The molecule has 1 aliphatic heterocycles. The molecule has 1 heterocycles. The van der Waals surface area contributed by atoms with E-state index in [1.165, 1.54) is 0 Å². The van der Waals surface area contributed by atoms with Crippen LogP contribution in [0.5, 0.6) is 0 Å². The first-order valence-electron chi connectivity index (χ1n) is 6.41. The molecule has 1 amide bonds. The van der Waals surface area contributed by atoms with Crippen LogP contribution in [0.25, 0.3) is 0 Å². The van der Waals surface area contributed by atoms with Crippen molar-refractivity contribution in [3.05, 3.63) is 28.8 Å². The number of nitrogens with one attached hydrogen (secondary N) is 1. The van der Waals surface area contributed by atoms with Crippen LogP contribution in [0.2, 0.25) is 5.02 Å². The van der Waals surface area contributed by atoms with Crippen molar-refractivity contribution in [3.8, 4) is 0 Å². The molecule has 1 aromatic rings. The van der Waals surface area contributed by atoms with Gasteiger partial charge >= 0.3 is 0 Å². The number of anilines is 1. The zero-order valence-electron chi connectivity index (χ0n) is 11.3. The van der Waals surface area contributed by atoms with Crippen LogP contribution in [0.3, 0.4) is 0 Å². The fourth-order valence-electron chi connectivity index (χ4n) is 2.47. The number of hydrogen-bond acceptors (Lipinski definition) is 3. The van der Waals surface area contributed by atoms with Crippen LogP contribution in [0.1, 0.15) is 16.8 Å². The van der Waals surface area contributed by atoms with Crippen molar-refractivity contribution in [2.24, 2.45) is 5.92 Å². The van der Waals surface area contributed by atoms with Crippen molar-refractivity contribution in [3.63, 3.8) is 0 Å². The van der Waals surface area contributed by atoms with Crippen LogP contribution < -0.4 is 5.32 Å². The maximum atomic E-state index is 12.5. The van der Waals surface area contributed by atoms with Crippen LogP contribution in [0.15, 0.2) is 18.2 Å². The lowest BCUT2D eigenvalue weighted by atomic mass is 10.1. The monoisotopic (exact) mass is 282 g/mol. The van der Waals surface area contributed by atoms with Gasteiger partial charge in [0, 0.05) is 43.9 Å². The van der Waals surface area contributed by atoms with Gasteiger partial charge in [0.1, 0.15) is 0 Å². The van der Waals surface area contributed by atoms with Crippen molar-refractivity contribution < 1.29 is 9.53 Å². The molecule has 0 aliphatic carbocycles. The zero-order chi connectivity index (χ0) is 13.8. The first-order chi connectivity index (χ1) is 9.15. The summed E-state index contributed by atoms with van der Waals surface area (Å²) in [6.45, 7) is 2.24. The summed E-state index contributed by atoms with van der Waals surface area (Å²) in [5, 5.41) is 3.61. The highest BCUT2D eigenvalue weighted by Gasteiger charge is 2.28.